The molecule has 0 spiro atoms. The molecule has 1 fully saturated rings. The molecule has 1 aliphatic rings. The SMILES string of the molecule is CC(N[SiH2]O[SiH2]O[SiH3])C1CCCCC1. The molecular weight excluding hydrogens is 226 g/mol. The Balaban J connectivity index is 2.04. The highest BCUT2D eigenvalue weighted by atomic mass is 28.3. The lowest BCUT2D eigenvalue weighted by Crippen LogP contribution is -2.38. The number of hydrogen-bond acceptors (Lipinski definition) is 3. The van der Waals surface area contributed by atoms with E-state index in [2.05, 4.69) is 11.9 Å². The highest BCUT2D eigenvalue weighted by Gasteiger charge is 2.19. The van der Waals surface area contributed by atoms with Crippen molar-refractivity contribution >= 4 is 30.4 Å². The van der Waals surface area contributed by atoms with Gasteiger partial charge in [0, 0.05) is 6.04 Å². The van der Waals surface area contributed by atoms with Gasteiger partial charge in [0.05, 0.1) is 0 Å². The molecule has 1 aliphatic carbocycles. The quantitative estimate of drug-likeness (QED) is 0.477. The van der Waals surface area contributed by atoms with Gasteiger partial charge in [-0.3, -0.25) is 0 Å². The van der Waals surface area contributed by atoms with Crippen molar-refractivity contribution in [3.8, 4) is 0 Å². The van der Waals surface area contributed by atoms with Gasteiger partial charge in [0.25, 0.3) is 10.0 Å². The fourth-order valence-electron chi connectivity index (χ4n) is 2.12. The summed E-state index contributed by atoms with van der Waals surface area (Å²) in [6.07, 6.45) is 7.13. The van der Waals surface area contributed by atoms with Gasteiger partial charge in [-0.25, -0.2) is 0 Å². The lowest BCUT2D eigenvalue weighted by Gasteiger charge is -2.28. The topological polar surface area (TPSA) is 30.5 Å². The minimum atomic E-state index is -0.589. The van der Waals surface area contributed by atoms with Gasteiger partial charge < -0.3 is 13.2 Å². The van der Waals surface area contributed by atoms with Crippen LogP contribution in [0.25, 0.3) is 0 Å². The monoisotopic (exact) mass is 249 g/mol. The molecule has 0 aromatic rings. The number of nitrogens with one attached hydrogen (secondary N) is 1. The Morgan fingerprint density at radius 3 is 2.71 bits per heavy atom. The highest BCUT2D eigenvalue weighted by molar-refractivity contribution is 6.40. The molecule has 0 bridgehead atoms. The van der Waals surface area contributed by atoms with E-state index in [1.54, 1.807) is 0 Å². The van der Waals surface area contributed by atoms with Crippen LogP contribution < -0.4 is 4.98 Å². The molecule has 0 saturated heterocycles. The summed E-state index contributed by atoms with van der Waals surface area (Å²) in [4.78, 5) is 3.57. The smallest absolute Gasteiger partial charge is 0.283 e. The van der Waals surface area contributed by atoms with Crippen LogP contribution in [0.3, 0.4) is 0 Å². The highest BCUT2D eigenvalue weighted by Crippen LogP contribution is 2.25. The zero-order chi connectivity index (χ0) is 10.2. The molecule has 0 aliphatic heterocycles. The van der Waals surface area contributed by atoms with Crippen LogP contribution in [-0.4, -0.2) is 36.5 Å². The first kappa shape index (κ1) is 12.6. The lowest BCUT2D eigenvalue weighted by atomic mass is 9.85. The molecule has 1 saturated carbocycles. The Morgan fingerprint density at radius 1 is 1.36 bits per heavy atom. The molecular formula is C8H23NO2Si3. The lowest BCUT2D eigenvalue weighted by molar-refractivity contribution is 0.300. The third-order valence-electron chi connectivity index (χ3n) is 3.07. The molecule has 1 atom stereocenters. The summed E-state index contributed by atoms with van der Waals surface area (Å²) in [6, 6.07) is 0.671. The van der Waals surface area contributed by atoms with Crippen LogP contribution in [-0.2, 0) is 8.23 Å². The minimum absolute atomic E-state index is 0.483. The first-order valence-electron chi connectivity index (χ1n) is 5.64. The van der Waals surface area contributed by atoms with Crippen molar-refractivity contribution in [2.45, 2.75) is 45.1 Å². The van der Waals surface area contributed by atoms with Gasteiger partial charge in [0.15, 0.2) is 0 Å². The summed E-state index contributed by atoms with van der Waals surface area (Å²) < 4.78 is 10.6. The van der Waals surface area contributed by atoms with Gasteiger partial charge in [0.2, 0.25) is 9.92 Å². The third-order valence-corrected chi connectivity index (χ3v) is 6.30. The molecule has 6 heteroatoms. The standard InChI is InChI=1S/C8H23NO2Si3/c1-7(9-13-11-14-10-12)8-5-3-2-4-6-8/h7-9H,2-6,13-14H2,1,12H3. The Hall–Kier alpha value is 0.531. The summed E-state index contributed by atoms with van der Waals surface area (Å²) >= 11 is 0. The van der Waals surface area contributed by atoms with Gasteiger partial charge in [-0.2, -0.15) is 0 Å². The van der Waals surface area contributed by atoms with Crippen LogP contribution in [0.1, 0.15) is 39.0 Å². The van der Waals surface area contributed by atoms with E-state index >= 15 is 0 Å². The fourth-order valence-corrected chi connectivity index (χ4v) is 5.68. The van der Waals surface area contributed by atoms with Crippen molar-refractivity contribution in [1.29, 1.82) is 0 Å². The Kier molecular flexibility index (Phi) is 7.00. The molecule has 84 valence electrons. The summed E-state index contributed by atoms with van der Waals surface area (Å²) in [5, 5.41) is 0. The van der Waals surface area contributed by atoms with E-state index in [0.29, 0.717) is 6.04 Å². The van der Waals surface area contributed by atoms with Crippen molar-refractivity contribution in [2.24, 2.45) is 5.92 Å². The Morgan fingerprint density at radius 2 is 2.07 bits per heavy atom. The molecule has 1 rings (SSSR count). The van der Waals surface area contributed by atoms with E-state index in [9.17, 15) is 0 Å². The predicted molar refractivity (Wildman–Crippen MR) is 68.4 cm³/mol. The second-order valence-electron chi connectivity index (χ2n) is 4.15. The van der Waals surface area contributed by atoms with Crippen LogP contribution in [0, 0.1) is 5.92 Å². The van der Waals surface area contributed by atoms with Crippen molar-refractivity contribution < 1.29 is 8.23 Å². The van der Waals surface area contributed by atoms with E-state index in [1.165, 1.54) is 32.1 Å². The second kappa shape index (κ2) is 7.77. The number of rotatable bonds is 6. The number of hydrogen-bond donors (Lipinski definition) is 1. The van der Waals surface area contributed by atoms with Crippen molar-refractivity contribution in [1.82, 2.24) is 4.98 Å². The molecule has 0 amide bonds. The van der Waals surface area contributed by atoms with Crippen molar-refractivity contribution in [2.75, 3.05) is 0 Å². The minimum Gasteiger partial charge on any atom is -0.449 e. The Labute approximate surface area is 95.0 Å². The van der Waals surface area contributed by atoms with E-state index < -0.39 is 19.9 Å². The van der Waals surface area contributed by atoms with Crippen LogP contribution in [0.5, 0.6) is 0 Å². The van der Waals surface area contributed by atoms with Gasteiger partial charge in [-0.1, -0.05) is 26.2 Å². The normalized spacial score (nSPS) is 22.9. The van der Waals surface area contributed by atoms with Gasteiger partial charge in [-0.15, -0.1) is 0 Å². The van der Waals surface area contributed by atoms with E-state index in [1.807, 2.05) is 0 Å². The first-order valence-corrected chi connectivity index (χ1v) is 8.90. The van der Waals surface area contributed by atoms with Crippen molar-refractivity contribution in [3.63, 3.8) is 0 Å². The molecule has 0 aromatic heterocycles. The molecule has 1 unspecified atom stereocenters. The van der Waals surface area contributed by atoms with Gasteiger partial charge in [0.1, 0.15) is 10.5 Å². The molecule has 3 nitrogen and oxygen atoms in total. The second-order valence-corrected chi connectivity index (χ2v) is 9.02. The first-order chi connectivity index (χ1) is 6.84. The summed E-state index contributed by atoms with van der Waals surface area (Å²) in [5.41, 5.74) is 0. The summed E-state index contributed by atoms with van der Waals surface area (Å²) in [6.45, 7) is 2.31. The van der Waals surface area contributed by atoms with E-state index in [0.717, 1.165) is 16.4 Å². The van der Waals surface area contributed by atoms with Crippen molar-refractivity contribution in [3.05, 3.63) is 0 Å². The molecule has 14 heavy (non-hydrogen) atoms. The van der Waals surface area contributed by atoms with Crippen LogP contribution in [0.15, 0.2) is 0 Å². The molecule has 0 heterocycles. The van der Waals surface area contributed by atoms with Crippen LogP contribution in [0.2, 0.25) is 0 Å². The maximum Gasteiger partial charge on any atom is 0.283 e. The zero-order valence-electron chi connectivity index (χ0n) is 9.42. The largest absolute Gasteiger partial charge is 0.449 e. The summed E-state index contributed by atoms with van der Waals surface area (Å²) in [5.74, 6) is 0.901. The third kappa shape index (κ3) is 4.85. The van der Waals surface area contributed by atoms with Gasteiger partial charge in [-0.05, 0) is 18.8 Å². The summed E-state index contributed by atoms with van der Waals surface area (Å²) in [7, 11) is -0.231. The van der Waals surface area contributed by atoms with Crippen LogP contribution >= 0.6 is 0 Å². The van der Waals surface area contributed by atoms with E-state index in [-0.39, 0.29) is 0 Å². The van der Waals surface area contributed by atoms with Crippen LogP contribution in [0.4, 0.5) is 0 Å². The maximum atomic E-state index is 5.52. The fraction of sp³-hybridized carbons (Fsp3) is 1.00. The molecule has 1 N–H and O–H groups in total. The maximum absolute atomic E-state index is 5.52. The predicted octanol–water partition coefficient (Wildman–Crippen LogP) is -1.14. The van der Waals surface area contributed by atoms with E-state index in [4.69, 9.17) is 8.23 Å². The Bertz CT molecular complexity index is 145. The average Bonchev–Trinajstić information content (AvgIpc) is 2.25. The molecule has 0 radical (unpaired) electrons. The zero-order valence-corrected chi connectivity index (χ0v) is 14.2. The van der Waals surface area contributed by atoms with Gasteiger partial charge >= 0.3 is 0 Å². The molecule has 0 aromatic carbocycles. The average molecular weight is 250 g/mol.